The van der Waals surface area contributed by atoms with Crippen LogP contribution in [0.15, 0.2) is 18.2 Å². The van der Waals surface area contributed by atoms with Crippen molar-refractivity contribution in [2.75, 3.05) is 51.4 Å². The molecule has 0 bridgehead atoms. The lowest BCUT2D eigenvalue weighted by molar-refractivity contribution is -0.199. The summed E-state index contributed by atoms with van der Waals surface area (Å²) in [5.74, 6) is 5.51. The van der Waals surface area contributed by atoms with Crippen LogP contribution in [0.1, 0.15) is 17.5 Å². The summed E-state index contributed by atoms with van der Waals surface area (Å²) < 4.78 is 52.6. The number of benzene rings is 1. The van der Waals surface area contributed by atoms with Gasteiger partial charge in [-0.15, -0.1) is 0 Å². The standard InChI is InChI=1S/C20H23F3N2O2/c1-24-9-10-26-13-17-15(3-2-4-18(17)24)5-6-19(20(21,22)23)7-8-25(14-19)16-11-27-12-16/h2-4,16H,7-14H2,1H3. The highest BCUT2D eigenvalue weighted by Crippen LogP contribution is 2.46. The van der Waals surface area contributed by atoms with Crippen LogP contribution in [0.25, 0.3) is 0 Å². The number of alkyl halides is 3. The van der Waals surface area contributed by atoms with E-state index in [4.69, 9.17) is 9.47 Å². The summed E-state index contributed by atoms with van der Waals surface area (Å²) in [4.78, 5) is 3.93. The minimum absolute atomic E-state index is 0.00538. The third-order valence-electron chi connectivity index (χ3n) is 5.79. The van der Waals surface area contributed by atoms with E-state index in [9.17, 15) is 13.2 Å². The van der Waals surface area contributed by atoms with Gasteiger partial charge < -0.3 is 14.4 Å². The Labute approximate surface area is 157 Å². The smallest absolute Gasteiger partial charge is 0.378 e. The van der Waals surface area contributed by atoms with Crippen LogP contribution in [0.3, 0.4) is 0 Å². The maximum atomic E-state index is 14.0. The highest BCUT2D eigenvalue weighted by atomic mass is 19.4. The fraction of sp³-hybridized carbons (Fsp3) is 0.600. The average molecular weight is 380 g/mol. The Kier molecular flexibility index (Phi) is 4.83. The van der Waals surface area contributed by atoms with Gasteiger partial charge in [-0.1, -0.05) is 17.9 Å². The molecule has 2 saturated heterocycles. The predicted octanol–water partition coefficient (Wildman–Crippen LogP) is 2.66. The van der Waals surface area contributed by atoms with Gasteiger partial charge in [-0.2, -0.15) is 13.2 Å². The van der Waals surface area contributed by atoms with Gasteiger partial charge in [-0.05, 0) is 18.6 Å². The number of likely N-dealkylation sites (tertiary alicyclic amines) is 1. The van der Waals surface area contributed by atoms with E-state index in [1.165, 1.54) is 0 Å². The molecule has 27 heavy (non-hydrogen) atoms. The Morgan fingerprint density at radius 2 is 2.00 bits per heavy atom. The highest BCUT2D eigenvalue weighted by molar-refractivity contribution is 5.60. The van der Waals surface area contributed by atoms with Crippen molar-refractivity contribution < 1.29 is 22.6 Å². The van der Waals surface area contributed by atoms with E-state index in [-0.39, 0.29) is 19.0 Å². The summed E-state index contributed by atoms with van der Waals surface area (Å²) >= 11 is 0. The van der Waals surface area contributed by atoms with Crippen molar-refractivity contribution in [2.24, 2.45) is 5.41 Å². The van der Waals surface area contributed by atoms with Gasteiger partial charge in [0.1, 0.15) is 5.41 Å². The van der Waals surface area contributed by atoms with Crippen LogP contribution in [0.5, 0.6) is 0 Å². The first-order valence-electron chi connectivity index (χ1n) is 9.22. The van der Waals surface area contributed by atoms with Gasteiger partial charge in [-0.3, -0.25) is 4.90 Å². The Hall–Kier alpha value is -1.75. The summed E-state index contributed by atoms with van der Waals surface area (Å²) in [5, 5.41) is 0. The van der Waals surface area contributed by atoms with E-state index >= 15 is 0 Å². The first-order chi connectivity index (χ1) is 12.9. The second-order valence-electron chi connectivity index (χ2n) is 7.52. The molecular weight excluding hydrogens is 357 g/mol. The van der Waals surface area contributed by atoms with Crippen LogP contribution >= 0.6 is 0 Å². The highest BCUT2D eigenvalue weighted by Gasteiger charge is 2.58. The molecule has 2 fully saturated rings. The van der Waals surface area contributed by atoms with E-state index in [0.717, 1.165) is 17.8 Å². The van der Waals surface area contributed by atoms with Crippen LogP contribution < -0.4 is 4.90 Å². The molecule has 3 aliphatic heterocycles. The first-order valence-corrected chi connectivity index (χ1v) is 9.22. The number of hydrogen-bond donors (Lipinski definition) is 0. The molecule has 1 unspecified atom stereocenters. The Bertz CT molecular complexity index is 767. The predicted molar refractivity (Wildman–Crippen MR) is 95.5 cm³/mol. The summed E-state index contributed by atoms with van der Waals surface area (Å²) in [6, 6.07) is 5.68. The van der Waals surface area contributed by atoms with Gasteiger partial charge in [0.25, 0.3) is 0 Å². The van der Waals surface area contributed by atoms with E-state index in [0.29, 0.717) is 38.5 Å². The molecule has 1 aromatic carbocycles. The minimum atomic E-state index is -4.36. The van der Waals surface area contributed by atoms with E-state index in [2.05, 4.69) is 16.7 Å². The van der Waals surface area contributed by atoms with E-state index in [1.54, 1.807) is 6.07 Å². The maximum Gasteiger partial charge on any atom is 0.406 e. The minimum Gasteiger partial charge on any atom is -0.378 e. The van der Waals surface area contributed by atoms with Gasteiger partial charge in [-0.25, -0.2) is 0 Å². The van der Waals surface area contributed by atoms with Crippen molar-refractivity contribution in [1.82, 2.24) is 4.90 Å². The van der Waals surface area contributed by atoms with Crippen molar-refractivity contribution in [3.63, 3.8) is 0 Å². The van der Waals surface area contributed by atoms with Crippen LogP contribution in [0.4, 0.5) is 18.9 Å². The van der Waals surface area contributed by atoms with E-state index < -0.39 is 11.6 Å². The molecule has 1 aromatic rings. The SMILES string of the molecule is CN1CCOCc2c(C#CC3(C(F)(F)F)CCN(C4COC4)C3)cccc21. The molecule has 0 radical (unpaired) electrons. The molecule has 3 aliphatic rings. The van der Waals surface area contributed by atoms with Crippen LogP contribution in [-0.4, -0.2) is 63.6 Å². The zero-order valence-electron chi connectivity index (χ0n) is 15.3. The maximum absolute atomic E-state index is 14.0. The molecule has 0 aliphatic carbocycles. The molecule has 7 heteroatoms. The second kappa shape index (κ2) is 7.01. The molecule has 0 spiro atoms. The molecule has 1 atom stereocenters. The molecule has 3 heterocycles. The van der Waals surface area contributed by atoms with Gasteiger partial charge in [0.2, 0.25) is 0 Å². The molecule has 146 valence electrons. The number of fused-ring (bicyclic) bond motifs is 1. The molecule has 0 amide bonds. The molecule has 0 aromatic heterocycles. The monoisotopic (exact) mass is 380 g/mol. The fourth-order valence-corrected chi connectivity index (χ4v) is 3.87. The summed E-state index contributed by atoms with van der Waals surface area (Å²) in [6.07, 6.45) is -4.36. The zero-order valence-corrected chi connectivity index (χ0v) is 15.3. The summed E-state index contributed by atoms with van der Waals surface area (Å²) in [5.41, 5.74) is 0.475. The number of ether oxygens (including phenoxy) is 2. The number of hydrogen-bond acceptors (Lipinski definition) is 4. The quantitative estimate of drug-likeness (QED) is 0.700. The Morgan fingerprint density at radius 1 is 1.19 bits per heavy atom. The average Bonchev–Trinajstić information content (AvgIpc) is 2.91. The molecule has 0 saturated carbocycles. The lowest BCUT2D eigenvalue weighted by Crippen LogP contribution is -2.50. The van der Waals surface area contributed by atoms with Crippen molar-refractivity contribution in [2.45, 2.75) is 25.2 Å². The number of anilines is 1. The largest absolute Gasteiger partial charge is 0.406 e. The summed E-state index contributed by atoms with van der Waals surface area (Å²) in [6.45, 7) is 3.05. The third-order valence-corrected chi connectivity index (χ3v) is 5.79. The second-order valence-corrected chi connectivity index (χ2v) is 7.52. The Balaban J connectivity index is 1.66. The van der Waals surface area contributed by atoms with Crippen LogP contribution in [0.2, 0.25) is 0 Å². The molecule has 4 rings (SSSR count). The van der Waals surface area contributed by atoms with Gasteiger partial charge in [0.05, 0.1) is 32.5 Å². The van der Waals surface area contributed by atoms with Crippen LogP contribution in [-0.2, 0) is 16.1 Å². The van der Waals surface area contributed by atoms with Gasteiger partial charge >= 0.3 is 6.18 Å². The number of nitrogens with zero attached hydrogens (tertiary/aromatic N) is 2. The number of rotatable bonds is 1. The lowest BCUT2D eigenvalue weighted by Gasteiger charge is -2.35. The number of halogens is 3. The number of likely N-dealkylation sites (N-methyl/N-ethyl adjacent to an activating group) is 1. The van der Waals surface area contributed by atoms with Crippen molar-refractivity contribution in [3.05, 3.63) is 29.3 Å². The molecule has 4 nitrogen and oxygen atoms in total. The van der Waals surface area contributed by atoms with E-state index in [1.807, 2.05) is 24.1 Å². The summed E-state index contributed by atoms with van der Waals surface area (Å²) in [7, 11) is 1.96. The normalized spacial score (nSPS) is 26.7. The van der Waals surface area contributed by atoms with Crippen LogP contribution in [0, 0.1) is 17.3 Å². The Morgan fingerprint density at radius 3 is 2.70 bits per heavy atom. The van der Waals surface area contributed by atoms with Gasteiger partial charge in [0, 0.05) is 43.5 Å². The molecular formula is C20H23F3N2O2. The van der Waals surface area contributed by atoms with Crippen molar-refractivity contribution >= 4 is 5.69 Å². The fourth-order valence-electron chi connectivity index (χ4n) is 3.87. The molecule has 0 N–H and O–H groups in total. The lowest BCUT2D eigenvalue weighted by atomic mass is 9.86. The van der Waals surface area contributed by atoms with Crippen molar-refractivity contribution in [3.8, 4) is 11.8 Å². The van der Waals surface area contributed by atoms with Gasteiger partial charge in [0.15, 0.2) is 0 Å². The third kappa shape index (κ3) is 3.42. The first kappa shape index (κ1) is 18.6. The van der Waals surface area contributed by atoms with Crippen molar-refractivity contribution in [1.29, 1.82) is 0 Å². The topological polar surface area (TPSA) is 24.9 Å². The zero-order chi connectivity index (χ0) is 19.1.